The Bertz CT molecular complexity index is 277. The topological polar surface area (TPSA) is 49.4 Å². The van der Waals surface area contributed by atoms with Crippen LogP contribution in [0, 0.1) is 0 Å². The van der Waals surface area contributed by atoms with Crippen molar-refractivity contribution in [2.24, 2.45) is 0 Å². The summed E-state index contributed by atoms with van der Waals surface area (Å²) in [4.78, 5) is 10.3. The minimum absolute atomic E-state index is 0. The number of carbonyl (C=O) groups is 1. The standard InChI is InChI=1S/C7H5ClO3.Na/c8-11-6-4-2-1-3-5(6)7(9)10;/h1-4H,(H,9,10);/q;+1/p-1. The average Bonchev–Trinajstić information content (AvgIpc) is 2.04. The van der Waals surface area contributed by atoms with Crippen LogP contribution in [0.1, 0.15) is 10.4 Å². The third-order valence-electron chi connectivity index (χ3n) is 1.19. The van der Waals surface area contributed by atoms with Gasteiger partial charge in [0.05, 0.1) is 5.97 Å². The second kappa shape index (κ2) is 5.43. The van der Waals surface area contributed by atoms with Crippen LogP contribution in [0.3, 0.4) is 0 Å². The van der Waals surface area contributed by atoms with Crippen molar-refractivity contribution in [1.29, 1.82) is 0 Å². The molecule has 58 valence electrons. The van der Waals surface area contributed by atoms with Crippen LogP contribution in [-0.4, -0.2) is 5.97 Å². The maximum atomic E-state index is 10.3. The molecule has 1 aromatic carbocycles. The van der Waals surface area contributed by atoms with E-state index >= 15 is 0 Å². The summed E-state index contributed by atoms with van der Waals surface area (Å²) in [6.45, 7) is 0. The zero-order valence-electron chi connectivity index (χ0n) is 6.41. The molecule has 0 radical (unpaired) electrons. The molecule has 0 saturated carbocycles. The van der Waals surface area contributed by atoms with Gasteiger partial charge in [0, 0.05) is 5.56 Å². The van der Waals surface area contributed by atoms with Gasteiger partial charge in [-0.05, 0) is 12.1 Å². The Kier molecular flexibility index (Phi) is 5.33. The third kappa shape index (κ3) is 2.68. The van der Waals surface area contributed by atoms with Crippen molar-refractivity contribution < 1.29 is 43.7 Å². The van der Waals surface area contributed by atoms with Crippen molar-refractivity contribution in [3.8, 4) is 5.75 Å². The molecule has 0 fully saturated rings. The summed E-state index contributed by atoms with van der Waals surface area (Å²) in [5, 5.41) is 10.3. The summed E-state index contributed by atoms with van der Waals surface area (Å²) in [5.41, 5.74) is -0.0532. The smallest absolute Gasteiger partial charge is 0.545 e. The molecular weight excluding hydrogens is 191 g/mol. The zero-order chi connectivity index (χ0) is 8.27. The number of hydrogen-bond acceptors (Lipinski definition) is 3. The molecule has 0 spiro atoms. The normalized spacial score (nSPS) is 8.42. The Morgan fingerprint density at radius 3 is 2.42 bits per heavy atom. The van der Waals surface area contributed by atoms with Crippen LogP contribution in [-0.2, 0) is 0 Å². The molecule has 0 unspecified atom stereocenters. The molecular formula is C7H4ClNaO3. The quantitative estimate of drug-likeness (QED) is 0.493. The van der Waals surface area contributed by atoms with Crippen molar-refractivity contribution in [3.63, 3.8) is 0 Å². The molecule has 0 bridgehead atoms. The van der Waals surface area contributed by atoms with Crippen molar-refractivity contribution in [3.05, 3.63) is 29.8 Å². The molecule has 5 heteroatoms. The number of rotatable bonds is 2. The van der Waals surface area contributed by atoms with Gasteiger partial charge in [-0.15, -0.1) is 0 Å². The van der Waals surface area contributed by atoms with Gasteiger partial charge in [0.15, 0.2) is 5.75 Å². The first-order valence-corrected chi connectivity index (χ1v) is 3.15. The number of hydrogen-bond donors (Lipinski definition) is 0. The Morgan fingerprint density at radius 1 is 1.42 bits per heavy atom. The minimum atomic E-state index is -1.30. The van der Waals surface area contributed by atoms with E-state index in [9.17, 15) is 9.90 Å². The van der Waals surface area contributed by atoms with Gasteiger partial charge in [-0.1, -0.05) is 12.1 Å². The number of halogens is 1. The SMILES string of the molecule is O=C([O-])c1ccccc1OCl.[Na+]. The average molecular weight is 195 g/mol. The molecule has 0 aliphatic rings. The number of carboxylic acid groups (broad SMARTS) is 1. The monoisotopic (exact) mass is 194 g/mol. The molecule has 0 aliphatic carbocycles. The second-order valence-corrected chi connectivity index (χ2v) is 2.02. The van der Waals surface area contributed by atoms with E-state index in [0.29, 0.717) is 0 Å². The molecule has 0 saturated heterocycles. The summed E-state index contributed by atoms with van der Waals surface area (Å²) in [6, 6.07) is 5.97. The van der Waals surface area contributed by atoms with Crippen LogP contribution >= 0.6 is 11.9 Å². The van der Waals surface area contributed by atoms with Gasteiger partial charge in [0.25, 0.3) is 0 Å². The molecule has 0 aliphatic heterocycles. The number of benzene rings is 1. The number of carbonyl (C=O) groups excluding carboxylic acids is 1. The molecule has 1 aromatic rings. The summed E-state index contributed by atoms with van der Waals surface area (Å²) >= 11 is 4.99. The van der Waals surface area contributed by atoms with Crippen LogP contribution in [0.25, 0.3) is 0 Å². The molecule has 3 nitrogen and oxygen atoms in total. The minimum Gasteiger partial charge on any atom is -0.545 e. The molecule has 1 rings (SSSR count). The first-order chi connectivity index (χ1) is 5.25. The van der Waals surface area contributed by atoms with E-state index in [0.717, 1.165) is 0 Å². The predicted octanol–water partition coefficient (Wildman–Crippen LogP) is -2.41. The maximum Gasteiger partial charge on any atom is 1.00 e. The van der Waals surface area contributed by atoms with Gasteiger partial charge in [0.1, 0.15) is 11.9 Å². The Hall–Kier alpha value is -0.220. The Labute approximate surface area is 96.8 Å². The maximum absolute atomic E-state index is 10.3. The van der Waals surface area contributed by atoms with Crippen LogP contribution in [0.4, 0.5) is 0 Å². The van der Waals surface area contributed by atoms with E-state index in [1.54, 1.807) is 12.1 Å². The number of para-hydroxylation sites is 1. The fourth-order valence-corrected chi connectivity index (χ4v) is 0.837. The van der Waals surface area contributed by atoms with E-state index in [1.165, 1.54) is 12.1 Å². The van der Waals surface area contributed by atoms with Crippen molar-refractivity contribution >= 4 is 17.8 Å². The first-order valence-electron chi connectivity index (χ1n) is 2.84. The van der Waals surface area contributed by atoms with Crippen molar-refractivity contribution in [2.45, 2.75) is 0 Å². The molecule has 0 heterocycles. The van der Waals surface area contributed by atoms with Crippen LogP contribution in [0.2, 0.25) is 0 Å². The number of carboxylic acids is 1. The second-order valence-electron chi connectivity index (χ2n) is 1.86. The fraction of sp³-hybridized carbons (Fsp3) is 0. The predicted molar refractivity (Wildman–Crippen MR) is 37.3 cm³/mol. The van der Waals surface area contributed by atoms with Crippen molar-refractivity contribution in [1.82, 2.24) is 0 Å². The van der Waals surface area contributed by atoms with Crippen LogP contribution < -0.4 is 39.0 Å². The van der Waals surface area contributed by atoms with Gasteiger partial charge in [-0.25, -0.2) is 0 Å². The van der Waals surface area contributed by atoms with E-state index < -0.39 is 5.97 Å². The largest absolute Gasteiger partial charge is 1.00 e. The van der Waals surface area contributed by atoms with Crippen molar-refractivity contribution in [2.75, 3.05) is 0 Å². The van der Waals surface area contributed by atoms with E-state index in [1.807, 2.05) is 0 Å². The molecule has 0 N–H and O–H groups in total. The molecule has 0 aromatic heterocycles. The van der Waals surface area contributed by atoms with Gasteiger partial charge >= 0.3 is 29.6 Å². The van der Waals surface area contributed by atoms with Crippen LogP contribution in [0.15, 0.2) is 24.3 Å². The summed E-state index contributed by atoms with van der Waals surface area (Å²) < 4.78 is 4.26. The van der Waals surface area contributed by atoms with Gasteiger partial charge in [0.2, 0.25) is 0 Å². The number of aromatic carboxylic acids is 1. The van der Waals surface area contributed by atoms with Gasteiger partial charge < -0.3 is 14.2 Å². The van der Waals surface area contributed by atoms with E-state index in [4.69, 9.17) is 11.9 Å². The fourth-order valence-electron chi connectivity index (χ4n) is 0.703. The summed E-state index contributed by atoms with van der Waals surface area (Å²) in [5.74, 6) is -1.21. The van der Waals surface area contributed by atoms with Gasteiger partial charge in [-0.2, -0.15) is 0 Å². The summed E-state index contributed by atoms with van der Waals surface area (Å²) in [6.07, 6.45) is 0. The van der Waals surface area contributed by atoms with E-state index in [2.05, 4.69) is 4.29 Å². The Morgan fingerprint density at radius 2 is 2.00 bits per heavy atom. The zero-order valence-corrected chi connectivity index (χ0v) is 9.17. The van der Waals surface area contributed by atoms with Gasteiger partial charge in [-0.3, -0.25) is 0 Å². The first kappa shape index (κ1) is 11.8. The molecule has 0 atom stereocenters. The molecule has 0 amide bonds. The molecule has 12 heavy (non-hydrogen) atoms. The van der Waals surface area contributed by atoms with E-state index in [-0.39, 0.29) is 40.9 Å². The Balaban J connectivity index is 0.00000121. The van der Waals surface area contributed by atoms with Crippen LogP contribution in [0.5, 0.6) is 5.75 Å². The third-order valence-corrected chi connectivity index (χ3v) is 1.36. The summed E-state index contributed by atoms with van der Waals surface area (Å²) in [7, 11) is 0.